The van der Waals surface area contributed by atoms with E-state index in [1.807, 2.05) is 6.07 Å². The first-order chi connectivity index (χ1) is 9.15. The third-order valence-electron chi connectivity index (χ3n) is 4.21. The van der Waals surface area contributed by atoms with Crippen molar-refractivity contribution in [1.29, 1.82) is 0 Å². The van der Waals surface area contributed by atoms with Gasteiger partial charge in [-0.25, -0.2) is 0 Å². The molecular weight excluding hydrogens is 256 g/mol. The summed E-state index contributed by atoms with van der Waals surface area (Å²) in [5.74, 6) is 0. The lowest BCUT2D eigenvalue weighted by molar-refractivity contribution is 0.628. The number of hydrogen-bond acceptors (Lipinski definition) is 2. The van der Waals surface area contributed by atoms with Gasteiger partial charge in [-0.1, -0.05) is 25.4 Å². The normalized spacial score (nSPS) is 20.8. The highest BCUT2D eigenvalue weighted by molar-refractivity contribution is 6.30. The molecule has 0 aliphatic carbocycles. The van der Waals surface area contributed by atoms with Gasteiger partial charge in [0.2, 0.25) is 0 Å². The highest BCUT2D eigenvalue weighted by Gasteiger charge is 2.25. The summed E-state index contributed by atoms with van der Waals surface area (Å²) >= 11 is 6.16. The zero-order valence-electron chi connectivity index (χ0n) is 12.0. The van der Waals surface area contributed by atoms with Gasteiger partial charge >= 0.3 is 0 Å². The summed E-state index contributed by atoms with van der Waals surface area (Å²) < 4.78 is 0. The standard InChI is InChI=1S/C16H25ClN2/c1-3-14(18)11-12-10-13(17)7-8-16(12)19-9-5-6-15(19)4-2/h7-8,10,14-15H,3-6,9,11,18H2,1-2H3. The third kappa shape index (κ3) is 3.43. The molecule has 1 heterocycles. The minimum Gasteiger partial charge on any atom is -0.368 e. The van der Waals surface area contributed by atoms with Crippen molar-refractivity contribution in [3.8, 4) is 0 Å². The van der Waals surface area contributed by atoms with E-state index in [1.165, 1.54) is 30.5 Å². The molecule has 0 radical (unpaired) electrons. The van der Waals surface area contributed by atoms with Gasteiger partial charge in [0.1, 0.15) is 0 Å². The molecule has 106 valence electrons. The van der Waals surface area contributed by atoms with Crippen molar-refractivity contribution in [2.75, 3.05) is 11.4 Å². The van der Waals surface area contributed by atoms with Gasteiger partial charge in [-0.15, -0.1) is 0 Å². The Hall–Kier alpha value is -0.730. The average molecular weight is 281 g/mol. The third-order valence-corrected chi connectivity index (χ3v) is 4.44. The van der Waals surface area contributed by atoms with Crippen LogP contribution in [0.2, 0.25) is 5.02 Å². The summed E-state index contributed by atoms with van der Waals surface area (Å²) in [6.45, 7) is 5.57. The van der Waals surface area contributed by atoms with Crippen LogP contribution < -0.4 is 10.6 Å². The molecule has 1 saturated heterocycles. The Balaban J connectivity index is 2.28. The largest absolute Gasteiger partial charge is 0.368 e. The maximum atomic E-state index is 6.16. The molecule has 2 N–H and O–H groups in total. The number of benzene rings is 1. The highest BCUT2D eigenvalue weighted by atomic mass is 35.5. The van der Waals surface area contributed by atoms with Crippen LogP contribution in [-0.2, 0) is 6.42 Å². The second-order valence-electron chi connectivity index (χ2n) is 5.54. The van der Waals surface area contributed by atoms with Gasteiger partial charge in [0.05, 0.1) is 0 Å². The minimum atomic E-state index is 0.222. The summed E-state index contributed by atoms with van der Waals surface area (Å²) in [5.41, 5.74) is 8.78. The predicted octanol–water partition coefficient (Wildman–Crippen LogP) is 4.00. The van der Waals surface area contributed by atoms with E-state index < -0.39 is 0 Å². The van der Waals surface area contributed by atoms with Gasteiger partial charge in [-0.3, -0.25) is 0 Å². The molecule has 19 heavy (non-hydrogen) atoms. The molecule has 1 aliphatic heterocycles. The van der Waals surface area contributed by atoms with Crippen LogP contribution in [0.4, 0.5) is 5.69 Å². The van der Waals surface area contributed by atoms with Gasteiger partial charge in [-0.2, -0.15) is 0 Å². The summed E-state index contributed by atoms with van der Waals surface area (Å²) in [6, 6.07) is 7.17. The number of anilines is 1. The molecule has 1 aromatic rings. The molecular formula is C16H25ClN2. The molecule has 0 bridgehead atoms. The zero-order chi connectivity index (χ0) is 13.8. The SMILES string of the molecule is CCC(N)Cc1cc(Cl)ccc1N1CCCC1CC. The average Bonchev–Trinajstić information content (AvgIpc) is 2.87. The summed E-state index contributed by atoms with van der Waals surface area (Å²) in [6.07, 6.45) is 5.73. The van der Waals surface area contributed by atoms with Gasteiger partial charge < -0.3 is 10.6 Å². The summed E-state index contributed by atoms with van der Waals surface area (Å²) in [4.78, 5) is 2.55. The van der Waals surface area contributed by atoms with Crippen LogP contribution in [0, 0.1) is 0 Å². The first-order valence-electron chi connectivity index (χ1n) is 7.46. The molecule has 2 rings (SSSR count). The van der Waals surface area contributed by atoms with Crippen LogP contribution in [0.1, 0.15) is 45.1 Å². The fourth-order valence-electron chi connectivity index (χ4n) is 3.00. The number of nitrogens with zero attached hydrogens (tertiary/aromatic N) is 1. The molecule has 0 spiro atoms. The molecule has 3 heteroatoms. The van der Waals surface area contributed by atoms with Crippen LogP contribution in [0.3, 0.4) is 0 Å². The first-order valence-corrected chi connectivity index (χ1v) is 7.84. The Bertz CT molecular complexity index is 419. The maximum Gasteiger partial charge on any atom is 0.0410 e. The van der Waals surface area contributed by atoms with E-state index in [9.17, 15) is 0 Å². The Labute approximate surface area is 121 Å². The Morgan fingerprint density at radius 2 is 2.21 bits per heavy atom. The topological polar surface area (TPSA) is 29.3 Å². The van der Waals surface area contributed by atoms with Crippen molar-refractivity contribution in [3.63, 3.8) is 0 Å². The van der Waals surface area contributed by atoms with Crippen molar-refractivity contribution < 1.29 is 0 Å². The lowest BCUT2D eigenvalue weighted by Gasteiger charge is -2.29. The molecule has 2 nitrogen and oxygen atoms in total. The van der Waals surface area contributed by atoms with E-state index in [0.717, 1.165) is 24.4 Å². The molecule has 1 aromatic carbocycles. The molecule has 0 saturated carbocycles. The second-order valence-corrected chi connectivity index (χ2v) is 5.98. The van der Waals surface area contributed by atoms with E-state index in [-0.39, 0.29) is 6.04 Å². The van der Waals surface area contributed by atoms with Crippen LogP contribution in [-0.4, -0.2) is 18.6 Å². The van der Waals surface area contributed by atoms with Crippen molar-refractivity contribution >= 4 is 17.3 Å². The Kier molecular flexibility index (Phi) is 5.12. The quantitative estimate of drug-likeness (QED) is 0.883. The number of hydrogen-bond donors (Lipinski definition) is 1. The molecule has 2 atom stereocenters. The maximum absolute atomic E-state index is 6.16. The van der Waals surface area contributed by atoms with E-state index in [2.05, 4.69) is 30.9 Å². The summed E-state index contributed by atoms with van der Waals surface area (Å²) in [5, 5.41) is 0.814. The van der Waals surface area contributed by atoms with Crippen LogP contribution in [0.5, 0.6) is 0 Å². The van der Waals surface area contributed by atoms with Crippen LogP contribution in [0.15, 0.2) is 18.2 Å². The highest BCUT2D eigenvalue weighted by Crippen LogP contribution is 2.32. The van der Waals surface area contributed by atoms with Gasteiger partial charge in [0.15, 0.2) is 0 Å². The van der Waals surface area contributed by atoms with Crippen molar-refractivity contribution in [2.24, 2.45) is 5.73 Å². The number of rotatable bonds is 5. The first kappa shape index (κ1) is 14.7. The van der Waals surface area contributed by atoms with E-state index in [1.54, 1.807) is 0 Å². The van der Waals surface area contributed by atoms with Crippen LogP contribution >= 0.6 is 11.6 Å². The smallest absolute Gasteiger partial charge is 0.0410 e. The second kappa shape index (κ2) is 6.62. The Morgan fingerprint density at radius 1 is 1.42 bits per heavy atom. The van der Waals surface area contributed by atoms with Gasteiger partial charge in [0.25, 0.3) is 0 Å². The Morgan fingerprint density at radius 3 is 2.89 bits per heavy atom. The van der Waals surface area contributed by atoms with Crippen molar-refractivity contribution in [3.05, 3.63) is 28.8 Å². The van der Waals surface area contributed by atoms with E-state index in [4.69, 9.17) is 17.3 Å². The fourth-order valence-corrected chi connectivity index (χ4v) is 3.20. The fraction of sp³-hybridized carbons (Fsp3) is 0.625. The number of halogens is 1. The molecule has 1 aliphatic rings. The molecule has 0 amide bonds. The van der Waals surface area contributed by atoms with E-state index in [0.29, 0.717) is 6.04 Å². The predicted molar refractivity (Wildman–Crippen MR) is 84.1 cm³/mol. The van der Waals surface area contributed by atoms with E-state index >= 15 is 0 Å². The zero-order valence-corrected chi connectivity index (χ0v) is 12.8. The summed E-state index contributed by atoms with van der Waals surface area (Å²) in [7, 11) is 0. The van der Waals surface area contributed by atoms with Crippen LogP contribution in [0.25, 0.3) is 0 Å². The van der Waals surface area contributed by atoms with Gasteiger partial charge in [0, 0.05) is 29.3 Å². The van der Waals surface area contributed by atoms with Gasteiger partial charge in [-0.05, 0) is 55.9 Å². The molecule has 2 unspecified atom stereocenters. The lowest BCUT2D eigenvalue weighted by Crippen LogP contribution is -2.30. The monoisotopic (exact) mass is 280 g/mol. The molecule has 0 aromatic heterocycles. The number of nitrogens with two attached hydrogens (primary N) is 1. The van der Waals surface area contributed by atoms with Crippen molar-refractivity contribution in [2.45, 2.75) is 58.0 Å². The van der Waals surface area contributed by atoms with Crippen molar-refractivity contribution in [1.82, 2.24) is 0 Å². The molecule has 1 fully saturated rings. The minimum absolute atomic E-state index is 0.222. The lowest BCUT2D eigenvalue weighted by atomic mass is 10.0.